The summed E-state index contributed by atoms with van der Waals surface area (Å²) >= 11 is 7.55. The van der Waals surface area contributed by atoms with Gasteiger partial charge in [0.15, 0.2) is 0 Å². The van der Waals surface area contributed by atoms with Gasteiger partial charge in [0, 0.05) is 29.4 Å². The number of carbonyl (C=O) groups excluding carboxylic acids is 2. The van der Waals surface area contributed by atoms with Gasteiger partial charge in [-0.2, -0.15) is 0 Å². The van der Waals surface area contributed by atoms with Gasteiger partial charge in [-0.05, 0) is 56.1 Å². The minimum atomic E-state index is -0.353. The molecule has 0 aliphatic carbocycles. The van der Waals surface area contributed by atoms with E-state index in [0.29, 0.717) is 28.1 Å². The second-order valence-corrected chi connectivity index (χ2v) is 8.31. The van der Waals surface area contributed by atoms with Gasteiger partial charge >= 0.3 is 0 Å². The smallest absolute Gasteiger partial charge is 0.255 e. The van der Waals surface area contributed by atoms with Gasteiger partial charge in [-0.3, -0.25) is 9.59 Å². The van der Waals surface area contributed by atoms with Gasteiger partial charge in [-0.25, -0.2) is 0 Å². The summed E-state index contributed by atoms with van der Waals surface area (Å²) in [5, 5.41) is 3.99. The van der Waals surface area contributed by atoms with Crippen LogP contribution in [0.3, 0.4) is 0 Å². The summed E-state index contributed by atoms with van der Waals surface area (Å²) in [4.78, 5) is 29.5. The third-order valence-corrected chi connectivity index (χ3v) is 6.39. The molecule has 2 aliphatic heterocycles. The van der Waals surface area contributed by atoms with E-state index < -0.39 is 0 Å². The molecular formula is C19H27Cl2N3O2S. The van der Waals surface area contributed by atoms with Crippen LogP contribution in [0.25, 0.3) is 0 Å². The summed E-state index contributed by atoms with van der Waals surface area (Å²) in [6.07, 6.45) is 2.06. The lowest BCUT2D eigenvalue weighted by molar-refractivity contribution is -0.136. The molecule has 1 atom stereocenters. The Labute approximate surface area is 176 Å². The minimum Gasteiger partial charge on any atom is -0.341 e. The second-order valence-electron chi connectivity index (χ2n) is 6.87. The Kier molecular flexibility index (Phi) is 8.73. The van der Waals surface area contributed by atoms with Crippen LogP contribution in [-0.2, 0) is 4.79 Å². The summed E-state index contributed by atoms with van der Waals surface area (Å²) in [5.41, 5.74) is 0.582. The highest BCUT2D eigenvalue weighted by Gasteiger charge is 2.38. The number of hydrogen-bond donors (Lipinski definition) is 1. The summed E-state index contributed by atoms with van der Waals surface area (Å²) in [6.45, 7) is 5.71. The highest BCUT2D eigenvalue weighted by molar-refractivity contribution is 7.99. The lowest BCUT2D eigenvalue weighted by Gasteiger charge is -2.35. The average molecular weight is 432 g/mol. The molecule has 150 valence electrons. The van der Waals surface area contributed by atoms with Crippen LogP contribution in [0, 0.1) is 5.92 Å². The number of carbonyl (C=O) groups is 2. The van der Waals surface area contributed by atoms with Crippen molar-refractivity contribution in [3.8, 4) is 0 Å². The molecule has 27 heavy (non-hydrogen) atoms. The zero-order chi connectivity index (χ0) is 18.5. The molecule has 0 spiro atoms. The summed E-state index contributed by atoms with van der Waals surface area (Å²) in [7, 11) is 0. The molecule has 0 aromatic heterocycles. The molecular weight excluding hydrogens is 405 g/mol. The van der Waals surface area contributed by atoms with Crippen LogP contribution in [-0.4, -0.2) is 65.5 Å². The van der Waals surface area contributed by atoms with E-state index in [-0.39, 0.29) is 30.3 Å². The van der Waals surface area contributed by atoms with Crippen LogP contribution >= 0.6 is 35.8 Å². The molecule has 8 heteroatoms. The Morgan fingerprint density at radius 3 is 2.52 bits per heavy atom. The Morgan fingerprint density at radius 2 is 1.89 bits per heavy atom. The predicted molar refractivity (Wildman–Crippen MR) is 114 cm³/mol. The molecule has 2 fully saturated rings. The second kappa shape index (κ2) is 10.6. The molecule has 2 heterocycles. The van der Waals surface area contributed by atoms with Crippen LogP contribution in [0.2, 0.25) is 5.02 Å². The molecule has 1 aromatic carbocycles. The summed E-state index contributed by atoms with van der Waals surface area (Å²) in [6, 6.07) is 6.52. The molecule has 0 saturated carbocycles. The first-order valence-corrected chi connectivity index (χ1v) is 10.8. The first-order chi connectivity index (χ1) is 12.6. The first-order valence-electron chi connectivity index (χ1n) is 9.24. The number of benzene rings is 1. The number of hydrogen-bond acceptors (Lipinski definition) is 4. The number of halogens is 2. The maximum absolute atomic E-state index is 13.0. The molecule has 2 aliphatic rings. The monoisotopic (exact) mass is 431 g/mol. The largest absolute Gasteiger partial charge is 0.341 e. The van der Waals surface area contributed by atoms with Crippen molar-refractivity contribution in [2.45, 2.75) is 25.8 Å². The maximum Gasteiger partial charge on any atom is 0.255 e. The first kappa shape index (κ1) is 22.3. The van der Waals surface area contributed by atoms with Crippen molar-refractivity contribution >= 4 is 47.6 Å². The van der Waals surface area contributed by atoms with E-state index in [0.717, 1.165) is 39.0 Å². The fourth-order valence-electron chi connectivity index (χ4n) is 3.52. The van der Waals surface area contributed by atoms with Crippen LogP contribution in [0.4, 0.5) is 0 Å². The molecule has 0 bridgehead atoms. The standard InChI is InChI=1S/C19H26ClN3O2S.ClH/c1-2-21-11-14-7-9-22(10-8-14)19(25)17-12-26-13-23(17)18(24)15-3-5-16(20)6-4-15;/h3-6,14,17,21H,2,7-13H2,1H3;1H. The molecule has 2 amide bonds. The van der Waals surface area contributed by atoms with Gasteiger partial charge in [0.25, 0.3) is 5.91 Å². The van der Waals surface area contributed by atoms with Gasteiger partial charge < -0.3 is 15.1 Å². The molecule has 0 radical (unpaired) electrons. The summed E-state index contributed by atoms with van der Waals surface area (Å²) < 4.78 is 0. The highest BCUT2D eigenvalue weighted by atomic mass is 35.5. The van der Waals surface area contributed by atoms with Gasteiger partial charge in [0.1, 0.15) is 6.04 Å². The average Bonchev–Trinajstić information content (AvgIpc) is 3.16. The molecule has 2 saturated heterocycles. The van der Waals surface area contributed by atoms with Crippen molar-refractivity contribution in [2.75, 3.05) is 37.8 Å². The predicted octanol–water partition coefficient (Wildman–Crippen LogP) is 3.13. The number of rotatable bonds is 5. The minimum absolute atomic E-state index is 0. The zero-order valence-electron chi connectivity index (χ0n) is 15.5. The Morgan fingerprint density at radius 1 is 1.22 bits per heavy atom. The van der Waals surface area contributed by atoms with Gasteiger partial charge in [-0.1, -0.05) is 18.5 Å². The fraction of sp³-hybridized carbons (Fsp3) is 0.579. The van der Waals surface area contributed by atoms with Gasteiger partial charge in [0.05, 0.1) is 5.88 Å². The quantitative estimate of drug-likeness (QED) is 0.777. The number of piperidine rings is 1. The van der Waals surface area contributed by atoms with E-state index in [9.17, 15) is 9.59 Å². The molecule has 1 aromatic rings. The van der Waals surface area contributed by atoms with Crippen LogP contribution in [0.15, 0.2) is 24.3 Å². The van der Waals surface area contributed by atoms with Crippen molar-refractivity contribution in [1.82, 2.24) is 15.1 Å². The van der Waals surface area contributed by atoms with Crippen molar-refractivity contribution in [3.63, 3.8) is 0 Å². The van der Waals surface area contributed by atoms with E-state index in [1.54, 1.807) is 40.9 Å². The van der Waals surface area contributed by atoms with Crippen molar-refractivity contribution < 1.29 is 9.59 Å². The number of nitrogens with zero attached hydrogens (tertiary/aromatic N) is 2. The Balaban J connectivity index is 0.00000261. The van der Waals surface area contributed by atoms with Crippen LogP contribution < -0.4 is 5.32 Å². The fourth-order valence-corrected chi connectivity index (χ4v) is 4.79. The van der Waals surface area contributed by atoms with E-state index >= 15 is 0 Å². The maximum atomic E-state index is 13.0. The topological polar surface area (TPSA) is 52.7 Å². The lowest BCUT2D eigenvalue weighted by Crippen LogP contribution is -2.51. The van der Waals surface area contributed by atoms with Crippen molar-refractivity contribution in [2.24, 2.45) is 5.92 Å². The van der Waals surface area contributed by atoms with E-state index in [1.807, 2.05) is 4.90 Å². The van der Waals surface area contributed by atoms with E-state index in [1.165, 1.54) is 0 Å². The van der Waals surface area contributed by atoms with E-state index in [4.69, 9.17) is 11.6 Å². The Bertz CT molecular complexity index is 636. The SMILES string of the molecule is CCNCC1CCN(C(=O)C2CSCN2C(=O)c2ccc(Cl)cc2)CC1.Cl. The molecule has 1 N–H and O–H groups in total. The molecule has 3 rings (SSSR count). The zero-order valence-corrected chi connectivity index (χ0v) is 17.9. The van der Waals surface area contributed by atoms with Crippen molar-refractivity contribution in [3.05, 3.63) is 34.9 Å². The lowest BCUT2D eigenvalue weighted by atomic mass is 9.96. The highest BCUT2D eigenvalue weighted by Crippen LogP contribution is 2.27. The Hall–Kier alpha value is -0.950. The normalized spacial score (nSPS) is 20.4. The van der Waals surface area contributed by atoms with Crippen LogP contribution in [0.1, 0.15) is 30.1 Å². The molecule has 1 unspecified atom stereocenters. The molecule has 5 nitrogen and oxygen atoms in total. The van der Waals surface area contributed by atoms with Gasteiger partial charge in [0.2, 0.25) is 5.91 Å². The number of amides is 2. The van der Waals surface area contributed by atoms with Gasteiger partial charge in [-0.15, -0.1) is 24.2 Å². The summed E-state index contributed by atoms with van der Waals surface area (Å²) in [5.74, 6) is 1.89. The van der Waals surface area contributed by atoms with Crippen molar-refractivity contribution in [1.29, 1.82) is 0 Å². The number of thioether (sulfide) groups is 1. The third-order valence-electron chi connectivity index (χ3n) is 5.13. The number of nitrogens with one attached hydrogen (secondary N) is 1. The van der Waals surface area contributed by atoms with E-state index in [2.05, 4.69) is 12.2 Å². The third kappa shape index (κ3) is 5.53. The van der Waals surface area contributed by atoms with Crippen LogP contribution in [0.5, 0.6) is 0 Å². The number of likely N-dealkylation sites (tertiary alicyclic amines) is 1.